The van der Waals surface area contributed by atoms with Crippen molar-refractivity contribution < 1.29 is 5.11 Å². The van der Waals surface area contributed by atoms with Gasteiger partial charge in [0.1, 0.15) is 5.75 Å². The average molecular weight is 207 g/mol. The second kappa shape index (κ2) is 5.76. The molecule has 1 rings (SSSR count). The molecule has 0 amide bonds. The van der Waals surface area contributed by atoms with Crippen molar-refractivity contribution in [1.82, 2.24) is 0 Å². The van der Waals surface area contributed by atoms with Gasteiger partial charge in [-0.25, -0.2) is 0 Å². The van der Waals surface area contributed by atoms with Crippen LogP contribution in [0.5, 0.6) is 5.75 Å². The summed E-state index contributed by atoms with van der Waals surface area (Å²) in [6.45, 7) is 4.79. The number of phenolic OH excluding ortho intramolecular Hbond substituents is 1. The molecule has 1 aromatic rings. The van der Waals surface area contributed by atoms with Crippen molar-refractivity contribution in [2.24, 2.45) is 5.73 Å². The number of rotatable bonds is 5. The molecule has 2 nitrogen and oxygen atoms in total. The summed E-state index contributed by atoms with van der Waals surface area (Å²) in [7, 11) is 0. The van der Waals surface area contributed by atoms with Crippen LogP contribution in [0, 0.1) is 6.92 Å². The molecule has 84 valence electrons. The summed E-state index contributed by atoms with van der Waals surface area (Å²) < 4.78 is 0. The first-order valence-electron chi connectivity index (χ1n) is 5.70. The van der Waals surface area contributed by atoms with Crippen LogP contribution in [0.15, 0.2) is 12.1 Å². The van der Waals surface area contributed by atoms with Crippen LogP contribution in [-0.4, -0.2) is 11.7 Å². The van der Waals surface area contributed by atoms with Crippen LogP contribution in [0.4, 0.5) is 0 Å². The number of benzene rings is 1. The van der Waals surface area contributed by atoms with E-state index in [2.05, 4.69) is 19.1 Å². The average Bonchev–Trinajstić information content (AvgIpc) is 2.23. The highest BCUT2D eigenvalue weighted by molar-refractivity contribution is 5.43. The number of hydrogen-bond donors (Lipinski definition) is 2. The first-order chi connectivity index (χ1) is 7.19. The topological polar surface area (TPSA) is 46.2 Å². The van der Waals surface area contributed by atoms with E-state index in [9.17, 15) is 5.11 Å². The Morgan fingerprint density at radius 1 is 1.27 bits per heavy atom. The highest BCUT2D eigenvalue weighted by Gasteiger charge is 2.05. The molecule has 2 heteroatoms. The molecule has 0 saturated heterocycles. The Morgan fingerprint density at radius 3 is 2.60 bits per heavy atom. The predicted octanol–water partition coefficient (Wildman–Crippen LogP) is 2.54. The van der Waals surface area contributed by atoms with Gasteiger partial charge >= 0.3 is 0 Å². The van der Waals surface area contributed by atoms with Gasteiger partial charge in [0.15, 0.2) is 0 Å². The molecule has 15 heavy (non-hydrogen) atoms. The van der Waals surface area contributed by atoms with Crippen molar-refractivity contribution in [2.75, 3.05) is 6.54 Å². The second-order valence-corrected chi connectivity index (χ2v) is 4.02. The minimum Gasteiger partial charge on any atom is -0.507 e. The third kappa shape index (κ3) is 3.24. The summed E-state index contributed by atoms with van der Waals surface area (Å²) in [4.78, 5) is 0. The zero-order valence-corrected chi connectivity index (χ0v) is 9.71. The van der Waals surface area contributed by atoms with Crippen LogP contribution < -0.4 is 5.73 Å². The zero-order chi connectivity index (χ0) is 11.3. The highest BCUT2D eigenvalue weighted by atomic mass is 16.3. The Bertz CT molecular complexity index is 321. The molecule has 0 bridgehead atoms. The van der Waals surface area contributed by atoms with Crippen molar-refractivity contribution in [3.05, 3.63) is 28.8 Å². The quantitative estimate of drug-likeness (QED) is 0.729. The predicted molar refractivity (Wildman–Crippen MR) is 64.2 cm³/mol. The number of unbranched alkanes of at least 4 members (excludes halogenated alkanes) is 1. The van der Waals surface area contributed by atoms with E-state index in [4.69, 9.17) is 5.73 Å². The SMILES string of the molecule is CCc1cc(CCCCN)cc(C)c1O. The van der Waals surface area contributed by atoms with Crippen LogP contribution in [-0.2, 0) is 12.8 Å². The van der Waals surface area contributed by atoms with Gasteiger partial charge in [-0.1, -0.05) is 19.1 Å². The van der Waals surface area contributed by atoms with Gasteiger partial charge in [-0.2, -0.15) is 0 Å². The fourth-order valence-electron chi connectivity index (χ4n) is 1.82. The van der Waals surface area contributed by atoms with Gasteiger partial charge in [0.25, 0.3) is 0 Å². The summed E-state index contributed by atoms with van der Waals surface area (Å²) in [5.74, 6) is 0.458. The second-order valence-electron chi connectivity index (χ2n) is 4.02. The van der Waals surface area contributed by atoms with E-state index in [-0.39, 0.29) is 0 Å². The van der Waals surface area contributed by atoms with E-state index in [1.165, 1.54) is 5.56 Å². The van der Waals surface area contributed by atoms with Crippen LogP contribution in [0.25, 0.3) is 0 Å². The van der Waals surface area contributed by atoms with Gasteiger partial charge in [-0.05, 0) is 55.8 Å². The fourth-order valence-corrected chi connectivity index (χ4v) is 1.82. The monoisotopic (exact) mass is 207 g/mol. The Morgan fingerprint density at radius 2 is 2.00 bits per heavy atom. The first kappa shape index (κ1) is 12.1. The van der Waals surface area contributed by atoms with Gasteiger partial charge in [-0.15, -0.1) is 0 Å². The van der Waals surface area contributed by atoms with Crippen molar-refractivity contribution >= 4 is 0 Å². The van der Waals surface area contributed by atoms with Crippen LogP contribution >= 0.6 is 0 Å². The summed E-state index contributed by atoms with van der Waals surface area (Å²) in [5.41, 5.74) is 8.82. The normalized spacial score (nSPS) is 10.6. The minimum absolute atomic E-state index is 0.458. The Hall–Kier alpha value is -1.02. The van der Waals surface area contributed by atoms with E-state index in [0.29, 0.717) is 5.75 Å². The van der Waals surface area contributed by atoms with Gasteiger partial charge in [0.05, 0.1) is 0 Å². The standard InChI is InChI=1S/C13H21NO/c1-3-12-9-11(6-4-5-7-14)8-10(2)13(12)15/h8-9,15H,3-7,14H2,1-2H3. The molecule has 0 saturated carbocycles. The van der Waals surface area contributed by atoms with Gasteiger partial charge < -0.3 is 10.8 Å². The van der Waals surface area contributed by atoms with E-state index in [1.54, 1.807) is 0 Å². The molecule has 0 atom stereocenters. The summed E-state index contributed by atoms with van der Waals surface area (Å²) >= 11 is 0. The summed E-state index contributed by atoms with van der Waals surface area (Å²) in [6, 6.07) is 4.18. The molecular formula is C13H21NO. The van der Waals surface area contributed by atoms with Gasteiger partial charge in [-0.3, -0.25) is 0 Å². The van der Waals surface area contributed by atoms with Crippen LogP contribution in [0.2, 0.25) is 0 Å². The summed E-state index contributed by atoms with van der Waals surface area (Å²) in [6.07, 6.45) is 4.15. The number of phenols is 1. The largest absolute Gasteiger partial charge is 0.507 e. The molecule has 0 fully saturated rings. The minimum atomic E-state index is 0.458. The van der Waals surface area contributed by atoms with Crippen molar-refractivity contribution in [2.45, 2.75) is 39.5 Å². The molecule has 0 spiro atoms. The van der Waals surface area contributed by atoms with Crippen molar-refractivity contribution in [3.63, 3.8) is 0 Å². The molecule has 0 aromatic heterocycles. The molecular weight excluding hydrogens is 186 g/mol. The lowest BCUT2D eigenvalue weighted by Gasteiger charge is -2.09. The fraction of sp³-hybridized carbons (Fsp3) is 0.538. The molecule has 3 N–H and O–H groups in total. The number of aryl methyl sites for hydroxylation is 3. The van der Waals surface area contributed by atoms with E-state index in [1.807, 2.05) is 6.92 Å². The molecule has 0 aliphatic carbocycles. The van der Waals surface area contributed by atoms with E-state index < -0.39 is 0 Å². The Balaban J connectivity index is 2.77. The highest BCUT2D eigenvalue weighted by Crippen LogP contribution is 2.25. The molecule has 0 aliphatic heterocycles. The molecule has 0 radical (unpaired) electrons. The maximum absolute atomic E-state index is 9.77. The van der Waals surface area contributed by atoms with Gasteiger partial charge in [0, 0.05) is 0 Å². The molecule has 0 unspecified atom stereocenters. The lowest BCUT2D eigenvalue weighted by Crippen LogP contribution is -1.99. The lowest BCUT2D eigenvalue weighted by atomic mass is 9.99. The third-order valence-corrected chi connectivity index (χ3v) is 2.74. The number of hydrogen-bond acceptors (Lipinski definition) is 2. The Kier molecular flexibility index (Phi) is 4.63. The van der Waals surface area contributed by atoms with Crippen LogP contribution in [0.1, 0.15) is 36.5 Å². The van der Waals surface area contributed by atoms with Crippen molar-refractivity contribution in [1.29, 1.82) is 0 Å². The maximum atomic E-state index is 9.77. The zero-order valence-electron chi connectivity index (χ0n) is 9.71. The number of aromatic hydroxyl groups is 1. The van der Waals surface area contributed by atoms with E-state index in [0.717, 1.165) is 43.4 Å². The van der Waals surface area contributed by atoms with Crippen molar-refractivity contribution in [3.8, 4) is 5.75 Å². The first-order valence-corrected chi connectivity index (χ1v) is 5.70. The third-order valence-electron chi connectivity index (χ3n) is 2.74. The van der Waals surface area contributed by atoms with Gasteiger partial charge in [0.2, 0.25) is 0 Å². The molecule has 0 aliphatic rings. The van der Waals surface area contributed by atoms with E-state index >= 15 is 0 Å². The molecule has 1 aromatic carbocycles. The summed E-state index contributed by atoms with van der Waals surface area (Å²) in [5, 5.41) is 9.77. The molecule has 0 heterocycles. The van der Waals surface area contributed by atoms with Crippen LogP contribution in [0.3, 0.4) is 0 Å². The Labute approximate surface area is 92.1 Å². The maximum Gasteiger partial charge on any atom is 0.121 e. The number of nitrogens with two attached hydrogens (primary N) is 1. The smallest absolute Gasteiger partial charge is 0.121 e. The lowest BCUT2D eigenvalue weighted by molar-refractivity contribution is 0.464.